The minimum absolute atomic E-state index is 0.0755. The van der Waals surface area contributed by atoms with Gasteiger partial charge in [0.25, 0.3) is 0 Å². The van der Waals surface area contributed by atoms with Gasteiger partial charge in [0.05, 0.1) is 11.5 Å². The van der Waals surface area contributed by atoms with E-state index in [0.717, 1.165) is 57.8 Å². The SMILES string of the molecule is CC(C)C1CCC2(C(=O)O)CC[C@]3(C)C(CCC4[C@@]5(C)CCC(OS(=O)(=O)ON)C(C)(C)C5CC[C@]43C)C12. The Hall–Kier alpha value is -0.700. The smallest absolute Gasteiger partial charge is 0.416 e. The zero-order valence-corrected chi connectivity index (χ0v) is 25.4. The lowest BCUT2D eigenvalue weighted by atomic mass is 9.32. The van der Waals surface area contributed by atoms with Crippen molar-refractivity contribution in [3.05, 3.63) is 0 Å². The van der Waals surface area contributed by atoms with Crippen molar-refractivity contribution >= 4 is 16.4 Å². The number of aliphatic carboxylic acids is 1. The van der Waals surface area contributed by atoms with Gasteiger partial charge in [0.1, 0.15) is 0 Å². The van der Waals surface area contributed by atoms with E-state index in [1.54, 1.807) is 0 Å². The first-order valence-electron chi connectivity index (χ1n) is 15.1. The van der Waals surface area contributed by atoms with Crippen LogP contribution >= 0.6 is 0 Å². The molecule has 0 aliphatic heterocycles. The first-order chi connectivity index (χ1) is 17.5. The topological polar surface area (TPSA) is 116 Å². The van der Waals surface area contributed by atoms with E-state index in [0.29, 0.717) is 36.0 Å². The largest absolute Gasteiger partial charge is 0.481 e. The molecule has 7 unspecified atom stereocenters. The van der Waals surface area contributed by atoms with Crippen molar-refractivity contribution in [2.75, 3.05) is 0 Å². The van der Waals surface area contributed by atoms with Crippen LogP contribution in [0.1, 0.15) is 113 Å². The van der Waals surface area contributed by atoms with Crippen LogP contribution in [-0.2, 0) is 23.7 Å². The Bertz CT molecular complexity index is 1070. The average Bonchev–Trinajstić information content (AvgIpc) is 3.23. The summed E-state index contributed by atoms with van der Waals surface area (Å²) in [5, 5.41) is 10.6. The molecule has 0 aromatic rings. The van der Waals surface area contributed by atoms with Crippen molar-refractivity contribution < 1.29 is 26.8 Å². The van der Waals surface area contributed by atoms with Gasteiger partial charge in [-0.1, -0.05) is 48.5 Å². The quantitative estimate of drug-likeness (QED) is 0.382. The fourth-order valence-electron chi connectivity index (χ4n) is 12.1. The summed E-state index contributed by atoms with van der Waals surface area (Å²) in [4.78, 5) is 12.9. The molecule has 10 atom stereocenters. The van der Waals surface area contributed by atoms with Gasteiger partial charge in [-0.25, -0.2) is 4.18 Å². The molecule has 5 aliphatic rings. The molecule has 0 spiro atoms. The van der Waals surface area contributed by atoms with Crippen molar-refractivity contribution in [3.8, 4) is 0 Å². The molecule has 0 amide bonds. The van der Waals surface area contributed by atoms with Gasteiger partial charge in [0.2, 0.25) is 0 Å². The first-order valence-corrected chi connectivity index (χ1v) is 16.4. The second-order valence-electron chi connectivity index (χ2n) is 15.6. The van der Waals surface area contributed by atoms with Crippen LogP contribution < -0.4 is 5.90 Å². The zero-order chi connectivity index (χ0) is 28.1. The number of carboxylic acids is 1. The molecule has 0 aromatic carbocycles. The number of hydrogen-bond donors (Lipinski definition) is 2. The molecule has 0 aromatic heterocycles. The van der Waals surface area contributed by atoms with Gasteiger partial charge in [-0.05, 0) is 121 Å². The summed E-state index contributed by atoms with van der Waals surface area (Å²) in [6.07, 6.45) is 9.19. The maximum Gasteiger partial charge on any atom is 0.416 e. The summed E-state index contributed by atoms with van der Waals surface area (Å²) >= 11 is 0. The monoisotopic (exact) mass is 553 g/mol. The summed E-state index contributed by atoms with van der Waals surface area (Å²) in [5.41, 5.74) is -0.564. The minimum atomic E-state index is -4.21. The van der Waals surface area contributed by atoms with Gasteiger partial charge < -0.3 is 5.11 Å². The second-order valence-corrected chi connectivity index (χ2v) is 16.8. The van der Waals surface area contributed by atoms with Crippen molar-refractivity contribution in [3.63, 3.8) is 0 Å². The molecule has 5 fully saturated rings. The van der Waals surface area contributed by atoms with Crippen LogP contribution in [-0.4, -0.2) is 25.6 Å². The molecule has 0 saturated heterocycles. The fourth-order valence-corrected chi connectivity index (χ4v) is 12.7. The van der Waals surface area contributed by atoms with Crippen LogP contribution in [0.4, 0.5) is 0 Å². The summed E-state index contributed by atoms with van der Waals surface area (Å²) in [6, 6.07) is 0. The summed E-state index contributed by atoms with van der Waals surface area (Å²) in [5.74, 6) is 7.01. The third-order valence-corrected chi connectivity index (χ3v) is 14.8. The minimum Gasteiger partial charge on any atom is -0.481 e. The lowest BCUT2D eigenvalue weighted by molar-refractivity contribution is -0.248. The van der Waals surface area contributed by atoms with E-state index < -0.39 is 27.9 Å². The molecule has 7 nitrogen and oxygen atoms in total. The molecule has 218 valence electrons. The zero-order valence-electron chi connectivity index (χ0n) is 24.6. The second kappa shape index (κ2) is 8.90. The van der Waals surface area contributed by atoms with E-state index in [9.17, 15) is 18.3 Å². The Morgan fingerprint density at radius 1 is 0.868 bits per heavy atom. The number of rotatable bonds is 5. The number of carbonyl (C=O) groups is 1. The molecule has 38 heavy (non-hydrogen) atoms. The number of carboxylic acid groups (broad SMARTS) is 1. The van der Waals surface area contributed by atoms with Crippen LogP contribution in [0.2, 0.25) is 0 Å². The highest BCUT2D eigenvalue weighted by molar-refractivity contribution is 7.81. The molecule has 5 aliphatic carbocycles. The van der Waals surface area contributed by atoms with E-state index in [1.165, 1.54) is 0 Å². The van der Waals surface area contributed by atoms with E-state index in [4.69, 9.17) is 10.1 Å². The third-order valence-electron chi connectivity index (χ3n) is 14.1. The molecule has 0 heterocycles. The Balaban J connectivity index is 1.50. The molecule has 0 radical (unpaired) electrons. The summed E-state index contributed by atoms with van der Waals surface area (Å²) in [7, 11) is -4.21. The highest BCUT2D eigenvalue weighted by Gasteiger charge is 2.72. The van der Waals surface area contributed by atoms with Crippen molar-refractivity contribution in [1.29, 1.82) is 0 Å². The average molecular weight is 554 g/mol. The number of nitrogens with two attached hydrogens (primary N) is 1. The van der Waals surface area contributed by atoms with Gasteiger partial charge >= 0.3 is 16.4 Å². The van der Waals surface area contributed by atoms with Gasteiger partial charge in [-0.15, -0.1) is 0 Å². The van der Waals surface area contributed by atoms with E-state index in [1.807, 2.05) is 0 Å². The lowest BCUT2D eigenvalue weighted by Crippen LogP contribution is -2.67. The highest BCUT2D eigenvalue weighted by Crippen LogP contribution is 2.77. The Kier molecular flexibility index (Phi) is 6.75. The normalized spacial score (nSPS) is 50.0. The predicted octanol–water partition coefficient (Wildman–Crippen LogP) is 6.33. The maximum atomic E-state index is 12.9. The molecule has 0 bridgehead atoms. The summed E-state index contributed by atoms with van der Waals surface area (Å²) in [6.45, 7) is 16.5. The maximum absolute atomic E-state index is 12.9. The van der Waals surface area contributed by atoms with Crippen LogP contribution in [0, 0.1) is 62.6 Å². The van der Waals surface area contributed by atoms with Crippen molar-refractivity contribution in [1.82, 2.24) is 0 Å². The Morgan fingerprint density at radius 3 is 2.16 bits per heavy atom. The van der Waals surface area contributed by atoms with E-state index in [-0.39, 0.29) is 27.6 Å². The highest BCUT2D eigenvalue weighted by atomic mass is 32.3. The first kappa shape index (κ1) is 28.8. The van der Waals surface area contributed by atoms with Gasteiger partial charge in [-0.3, -0.25) is 4.79 Å². The third kappa shape index (κ3) is 3.68. The van der Waals surface area contributed by atoms with Crippen LogP contribution in [0.3, 0.4) is 0 Å². The molecule has 8 heteroatoms. The van der Waals surface area contributed by atoms with Gasteiger partial charge in [-0.2, -0.15) is 18.6 Å². The molecular formula is C30H51NO6S. The van der Waals surface area contributed by atoms with Crippen molar-refractivity contribution in [2.24, 2.45) is 68.5 Å². The summed E-state index contributed by atoms with van der Waals surface area (Å²) < 4.78 is 33.9. The standard InChI is InChI=1S/C30H51NO6S/c1-18(2)19-10-15-30(25(32)33)17-16-28(6)20(24(19)30)8-9-22-27(5)13-12-23(36-38(34,35)37-31)26(3,4)21(27)11-14-29(22,28)7/h18-24H,8-17,31H2,1-7H3,(H,32,33)/t19?,20?,21?,22?,23?,24?,27-,28+,29+,30?/m0/s1. The van der Waals surface area contributed by atoms with E-state index >= 15 is 0 Å². The van der Waals surface area contributed by atoms with Gasteiger partial charge in [0.15, 0.2) is 0 Å². The number of fused-ring (bicyclic) bond motifs is 7. The molecule has 5 rings (SSSR count). The predicted molar refractivity (Wildman–Crippen MR) is 146 cm³/mol. The van der Waals surface area contributed by atoms with Crippen LogP contribution in [0.25, 0.3) is 0 Å². The molecular weight excluding hydrogens is 502 g/mol. The van der Waals surface area contributed by atoms with Crippen molar-refractivity contribution in [2.45, 2.75) is 119 Å². The fraction of sp³-hybridized carbons (Fsp3) is 0.967. The van der Waals surface area contributed by atoms with Crippen LogP contribution in [0.5, 0.6) is 0 Å². The Morgan fingerprint density at radius 2 is 1.55 bits per heavy atom. The van der Waals surface area contributed by atoms with E-state index in [2.05, 4.69) is 52.7 Å². The van der Waals surface area contributed by atoms with Gasteiger partial charge in [0, 0.05) is 0 Å². The molecule has 3 N–H and O–H groups in total. The number of hydrogen-bond acceptors (Lipinski definition) is 6. The lowest BCUT2D eigenvalue weighted by Gasteiger charge is -2.72. The Labute approximate surface area is 230 Å². The van der Waals surface area contributed by atoms with Crippen LogP contribution in [0.15, 0.2) is 0 Å². The molecule has 5 saturated carbocycles.